The summed E-state index contributed by atoms with van der Waals surface area (Å²) in [5.41, 5.74) is 1.35. The van der Waals surface area contributed by atoms with Crippen molar-refractivity contribution in [2.24, 2.45) is 0 Å². The summed E-state index contributed by atoms with van der Waals surface area (Å²) in [7, 11) is 0. The van der Waals surface area contributed by atoms with E-state index in [0.29, 0.717) is 16.3 Å². The minimum absolute atomic E-state index is 0.0530. The van der Waals surface area contributed by atoms with Gasteiger partial charge in [0.25, 0.3) is 0 Å². The fraction of sp³-hybridized carbons (Fsp3) is 0.417. The third-order valence-corrected chi connectivity index (χ3v) is 6.94. The van der Waals surface area contributed by atoms with Crippen LogP contribution in [0.3, 0.4) is 0 Å². The molecule has 1 saturated carbocycles. The number of carbonyl (C=O) groups excluding carboxylic acids is 2. The summed E-state index contributed by atoms with van der Waals surface area (Å²) < 4.78 is 14.3. The number of carbonyl (C=O) groups is 2. The Bertz CT molecular complexity index is 905. The number of rotatable bonds is 9. The number of thioether (sulfide) groups is 1. The molecule has 1 aliphatic rings. The van der Waals surface area contributed by atoms with Crippen LogP contribution < -0.4 is 5.32 Å². The third-order valence-electron chi connectivity index (χ3n) is 5.61. The molecule has 2 amide bonds. The number of hydrogen-bond acceptors (Lipinski definition) is 3. The Morgan fingerprint density at radius 1 is 1.13 bits per heavy atom. The van der Waals surface area contributed by atoms with Gasteiger partial charge in [0.1, 0.15) is 11.9 Å². The van der Waals surface area contributed by atoms with E-state index >= 15 is 0 Å². The molecule has 0 spiro atoms. The molecule has 0 radical (unpaired) electrons. The predicted molar refractivity (Wildman–Crippen MR) is 124 cm³/mol. The Morgan fingerprint density at radius 3 is 2.45 bits per heavy atom. The summed E-state index contributed by atoms with van der Waals surface area (Å²) in [6.07, 6.45) is 4.15. The quantitative estimate of drug-likeness (QED) is 0.558. The monoisotopic (exact) mass is 462 g/mol. The van der Waals surface area contributed by atoms with Crippen molar-refractivity contribution < 1.29 is 14.0 Å². The Kier molecular flexibility index (Phi) is 8.79. The van der Waals surface area contributed by atoms with Gasteiger partial charge in [-0.25, -0.2) is 4.39 Å². The van der Waals surface area contributed by atoms with Gasteiger partial charge in [0, 0.05) is 28.9 Å². The second kappa shape index (κ2) is 11.5. The van der Waals surface area contributed by atoms with Gasteiger partial charge < -0.3 is 10.2 Å². The third kappa shape index (κ3) is 6.71. The lowest BCUT2D eigenvalue weighted by Crippen LogP contribution is -2.50. The number of nitrogens with one attached hydrogen (secondary N) is 1. The number of hydrogen-bond donors (Lipinski definition) is 1. The van der Waals surface area contributed by atoms with Gasteiger partial charge in [0.2, 0.25) is 11.8 Å². The second-order valence-electron chi connectivity index (χ2n) is 7.86. The molecular formula is C24H28ClFN2O2S. The van der Waals surface area contributed by atoms with Crippen LogP contribution in [-0.2, 0) is 21.9 Å². The smallest absolute Gasteiger partial charge is 0.242 e. The first-order valence-electron chi connectivity index (χ1n) is 10.6. The van der Waals surface area contributed by atoms with E-state index in [1.807, 2.05) is 24.3 Å². The standard InChI is InChI=1S/C24H28ClFN2O2S/c1-17(24(30)27-20-10-4-5-11-20)28(14-18-8-3-7-13-22(18)26)23(29)16-31-15-19-9-2-6-12-21(19)25/h2-3,6-9,12-13,17,20H,4-5,10-11,14-16H2,1H3,(H,27,30)/t17-/m0/s1. The highest BCUT2D eigenvalue weighted by Gasteiger charge is 2.28. The number of nitrogens with zero attached hydrogens (tertiary/aromatic N) is 1. The minimum Gasteiger partial charge on any atom is -0.352 e. The van der Waals surface area contributed by atoms with Crippen molar-refractivity contribution in [2.45, 2.75) is 57.0 Å². The van der Waals surface area contributed by atoms with Gasteiger partial charge in [-0.1, -0.05) is 60.8 Å². The summed E-state index contributed by atoms with van der Waals surface area (Å²) in [6.45, 7) is 1.76. The van der Waals surface area contributed by atoms with E-state index in [1.165, 1.54) is 22.7 Å². The van der Waals surface area contributed by atoms with E-state index in [-0.39, 0.29) is 36.0 Å². The van der Waals surface area contributed by atoms with Crippen molar-refractivity contribution in [1.29, 1.82) is 0 Å². The van der Waals surface area contributed by atoms with Crippen molar-refractivity contribution in [1.82, 2.24) is 10.2 Å². The van der Waals surface area contributed by atoms with Crippen LogP contribution >= 0.6 is 23.4 Å². The van der Waals surface area contributed by atoms with Crippen molar-refractivity contribution in [3.63, 3.8) is 0 Å². The van der Waals surface area contributed by atoms with Crippen LogP contribution in [0.15, 0.2) is 48.5 Å². The minimum atomic E-state index is -0.686. The van der Waals surface area contributed by atoms with Crippen LogP contribution in [0.25, 0.3) is 0 Å². The fourth-order valence-electron chi connectivity index (χ4n) is 3.73. The summed E-state index contributed by atoms with van der Waals surface area (Å²) >= 11 is 7.63. The molecule has 2 aromatic carbocycles. The summed E-state index contributed by atoms with van der Waals surface area (Å²) in [4.78, 5) is 27.4. The van der Waals surface area contributed by atoms with Crippen LogP contribution in [0.2, 0.25) is 5.02 Å². The largest absolute Gasteiger partial charge is 0.352 e. The van der Waals surface area contributed by atoms with Gasteiger partial charge in [-0.05, 0) is 37.5 Å². The Labute approximate surface area is 192 Å². The van der Waals surface area contributed by atoms with Crippen LogP contribution in [-0.4, -0.2) is 34.6 Å². The number of halogens is 2. The molecular weight excluding hydrogens is 435 g/mol. The molecule has 7 heteroatoms. The highest BCUT2D eigenvalue weighted by atomic mass is 35.5. The zero-order valence-corrected chi connectivity index (χ0v) is 19.2. The van der Waals surface area contributed by atoms with Gasteiger partial charge in [0.05, 0.1) is 5.75 Å². The highest BCUT2D eigenvalue weighted by molar-refractivity contribution is 7.99. The predicted octanol–water partition coefficient (Wildman–Crippen LogP) is 5.19. The lowest BCUT2D eigenvalue weighted by atomic mass is 10.1. The Morgan fingerprint density at radius 2 is 1.77 bits per heavy atom. The van der Waals surface area contributed by atoms with E-state index in [0.717, 1.165) is 31.2 Å². The van der Waals surface area contributed by atoms with Gasteiger partial charge >= 0.3 is 0 Å². The molecule has 1 N–H and O–H groups in total. The van der Waals surface area contributed by atoms with Crippen molar-refractivity contribution in [3.8, 4) is 0 Å². The van der Waals surface area contributed by atoms with E-state index < -0.39 is 6.04 Å². The van der Waals surface area contributed by atoms with Crippen LogP contribution in [0.4, 0.5) is 4.39 Å². The molecule has 3 rings (SSSR count). The van der Waals surface area contributed by atoms with Crippen molar-refractivity contribution >= 4 is 35.2 Å². The first-order valence-corrected chi connectivity index (χ1v) is 12.1. The molecule has 0 bridgehead atoms. The average Bonchev–Trinajstić information content (AvgIpc) is 3.27. The number of amides is 2. The lowest BCUT2D eigenvalue weighted by molar-refractivity contribution is -0.139. The van der Waals surface area contributed by atoms with Crippen LogP contribution in [0.1, 0.15) is 43.7 Å². The van der Waals surface area contributed by atoms with Crippen LogP contribution in [0.5, 0.6) is 0 Å². The maximum Gasteiger partial charge on any atom is 0.242 e. The summed E-state index contributed by atoms with van der Waals surface area (Å²) in [5, 5.41) is 3.71. The zero-order valence-electron chi connectivity index (χ0n) is 17.7. The second-order valence-corrected chi connectivity index (χ2v) is 9.26. The lowest BCUT2D eigenvalue weighted by Gasteiger charge is -2.30. The topological polar surface area (TPSA) is 49.4 Å². The zero-order chi connectivity index (χ0) is 22.2. The molecule has 0 aromatic heterocycles. The van der Waals surface area contributed by atoms with Crippen molar-refractivity contribution in [3.05, 3.63) is 70.5 Å². The number of benzene rings is 2. The maximum absolute atomic E-state index is 14.3. The van der Waals surface area contributed by atoms with E-state index in [2.05, 4.69) is 5.32 Å². The SMILES string of the molecule is C[C@@H](C(=O)NC1CCCC1)N(Cc1ccccc1F)C(=O)CSCc1ccccc1Cl. The first-order chi connectivity index (χ1) is 15.0. The van der Waals surface area contributed by atoms with Gasteiger partial charge in [0.15, 0.2) is 0 Å². The summed E-state index contributed by atoms with van der Waals surface area (Å²) in [5.74, 6) is -0.00279. The normalized spacial score (nSPS) is 14.9. The Hall–Kier alpha value is -2.05. The molecule has 0 aliphatic heterocycles. The molecule has 1 fully saturated rings. The molecule has 31 heavy (non-hydrogen) atoms. The first kappa shape index (κ1) is 23.6. The fourth-order valence-corrected chi connectivity index (χ4v) is 4.93. The van der Waals surface area contributed by atoms with Crippen LogP contribution in [0, 0.1) is 5.82 Å². The van der Waals surface area contributed by atoms with E-state index in [1.54, 1.807) is 25.1 Å². The molecule has 4 nitrogen and oxygen atoms in total. The molecule has 0 heterocycles. The molecule has 1 aliphatic carbocycles. The molecule has 2 aromatic rings. The molecule has 0 unspecified atom stereocenters. The maximum atomic E-state index is 14.3. The highest BCUT2D eigenvalue weighted by Crippen LogP contribution is 2.22. The molecule has 166 valence electrons. The summed E-state index contributed by atoms with van der Waals surface area (Å²) in [6, 6.07) is 13.3. The van der Waals surface area contributed by atoms with Gasteiger partial charge in [-0.3, -0.25) is 9.59 Å². The average molecular weight is 463 g/mol. The van der Waals surface area contributed by atoms with Crippen molar-refractivity contribution in [2.75, 3.05) is 5.75 Å². The molecule has 0 saturated heterocycles. The Balaban J connectivity index is 1.67. The van der Waals surface area contributed by atoms with Gasteiger partial charge in [-0.15, -0.1) is 11.8 Å². The molecule has 1 atom stereocenters. The van der Waals surface area contributed by atoms with E-state index in [9.17, 15) is 14.0 Å². The van der Waals surface area contributed by atoms with E-state index in [4.69, 9.17) is 11.6 Å². The van der Waals surface area contributed by atoms with Gasteiger partial charge in [-0.2, -0.15) is 0 Å².